The smallest absolute Gasteiger partial charge is 0.221 e. The number of carbonyl (C=O) groups excluding carboxylic acids is 1. The molecule has 0 radical (unpaired) electrons. The summed E-state index contributed by atoms with van der Waals surface area (Å²) in [5.74, 6) is 1.32. The molecule has 0 aliphatic carbocycles. The molecule has 0 aromatic carbocycles. The average Bonchev–Trinajstić information content (AvgIpc) is 2.60. The van der Waals surface area contributed by atoms with Gasteiger partial charge < -0.3 is 11.1 Å². The van der Waals surface area contributed by atoms with Gasteiger partial charge >= 0.3 is 0 Å². The molecule has 0 saturated carbocycles. The fourth-order valence-electron chi connectivity index (χ4n) is 2.43. The molecule has 3 N–H and O–H groups in total. The monoisotopic (exact) mass is 272 g/mol. The van der Waals surface area contributed by atoms with E-state index in [-0.39, 0.29) is 22.1 Å². The Balaban J connectivity index is 2.25. The lowest BCUT2D eigenvalue weighted by Crippen LogP contribution is -2.40. The van der Waals surface area contributed by atoms with E-state index in [4.69, 9.17) is 5.73 Å². The topological polar surface area (TPSA) is 55.1 Å². The van der Waals surface area contributed by atoms with Gasteiger partial charge in [-0.05, 0) is 37.4 Å². The van der Waals surface area contributed by atoms with E-state index < -0.39 is 0 Å². The predicted octanol–water partition coefficient (Wildman–Crippen LogP) is 2.54. The molecule has 4 heteroatoms. The van der Waals surface area contributed by atoms with E-state index in [9.17, 15) is 4.79 Å². The Bertz CT molecular complexity index is 280. The summed E-state index contributed by atoms with van der Waals surface area (Å²) in [6.07, 6.45) is 3.79. The molecule has 0 aromatic rings. The van der Waals surface area contributed by atoms with Gasteiger partial charge in [0, 0.05) is 23.8 Å². The highest BCUT2D eigenvalue weighted by Crippen LogP contribution is 2.36. The molecular weight excluding hydrogens is 244 g/mol. The molecule has 1 amide bonds. The van der Waals surface area contributed by atoms with Crippen molar-refractivity contribution >= 4 is 17.7 Å². The fraction of sp³-hybridized carbons (Fsp3) is 0.929. The van der Waals surface area contributed by atoms with Crippen molar-refractivity contribution in [3.63, 3.8) is 0 Å². The van der Waals surface area contributed by atoms with Crippen LogP contribution in [0.2, 0.25) is 0 Å². The summed E-state index contributed by atoms with van der Waals surface area (Å²) in [6, 6.07) is -0.0333. The molecule has 2 atom stereocenters. The standard InChI is InChI=1S/C14H28N2OS/c1-13(2,3)9-11(15)8-12(17)16-10-14(4)6-5-7-18-14/h11H,5-10,15H2,1-4H3,(H,16,17). The summed E-state index contributed by atoms with van der Waals surface area (Å²) in [5, 5.41) is 3.04. The zero-order valence-electron chi connectivity index (χ0n) is 12.2. The lowest BCUT2D eigenvalue weighted by molar-refractivity contribution is -0.121. The number of rotatable bonds is 5. The van der Waals surface area contributed by atoms with Crippen LogP contribution in [0, 0.1) is 5.41 Å². The summed E-state index contributed by atoms with van der Waals surface area (Å²) < 4.78 is 0.240. The summed E-state index contributed by atoms with van der Waals surface area (Å²) in [6.45, 7) is 9.47. The SMILES string of the molecule is CC(C)(C)CC(N)CC(=O)NCC1(C)CCCS1. The predicted molar refractivity (Wildman–Crippen MR) is 79.8 cm³/mol. The van der Waals surface area contributed by atoms with Gasteiger partial charge in [0.1, 0.15) is 0 Å². The molecule has 0 spiro atoms. The quantitative estimate of drug-likeness (QED) is 0.808. The zero-order chi connectivity index (χ0) is 13.8. The molecule has 1 aliphatic rings. The highest BCUT2D eigenvalue weighted by Gasteiger charge is 2.29. The minimum absolute atomic E-state index is 0.0333. The first-order valence-electron chi connectivity index (χ1n) is 6.86. The maximum Gasteiger partial charge on any atom is 0.221 e. The van der Waals surface area contributed by atoms with Gasteiger partial charge in [-0.25, -0.2) is 0 Å². The van der Waals surface area contributed by atoms with Crippen molar-refractivity contribution in [2.45, 2.75) is 64.2 Å². The van der Waals surface area contributed by atoms with Crippen LogP contribution in [0.1, 0.15) is 53.4 Å². The molecule has 2 unspecified atom stereocenters. The van der Waals surface area contributed by atoms with Crippen LogP contribution in [0.4, 0.5) is 0 Å². The van der Waals surface area contributed by atoms with Crippen LogP contribution < -0.4 is 11.1 Å². The number of nitrogens with one attached hydrogen (secondary N) is 1. The van der Waals surface area contributed by atoms with Crippen LogP contribution in [0.5, 0.6) is 0 Å². The van der Waals surface area contributed by atoms with Gasteiger partial charge in [0.05, 0.1) is 0 Å². The highest BCUT2D eigenvalue weighted by molar-refractivity contribution is 8.00. The summed E-state index contributed by atoms with van der Waals surface area (Å²) in [7, 11) is 0. The van der Waals surface area contributed by atoms with Crippen LogP contribution in [-0.2, 0) is 4.79 Å². The molecule has 1 heterocycles. The van der Waals surface area contributed by atoms with E-state index in [0.717, 1.165) is 13.0 Å². The molecule has 1 aliphatic heterocycles. The molecule has 3 nitrogen and oxygen atoms in total. The number of nitrogens with two attached hydrogens (primary N) is 1. The molecular formula is C14H28N2OS. The van der Waals surface area contributed by atoms with Crippen LogP contribution in [0.25, 0.3) is 0 Å². The Kier molecular flexibility index (Phi) is 5.53. The Morgan fingerprint density at radius 1 is 1.50 bits per heavy atom. The Labute approximate surface area is 116 Å². The largest absolute Gasteiger partial charge is 0.355 e. The first-order valence-corrected chi connectivity index (χ1v) is 7.85. The highest BCUT2D eigenvalue weighted by atomic mass is 32.2. The van der Waals surface area contributed by atoms with E-state index in [1.807, 2.05) is 11.8 Å². The van der Waals surface area contributed by atoms with Crippen molar-refractivity contribution in [3.05, 3.63) is 0 Å². The van der Waals surface area contributed by atoms with E-state index >= 15 is 0 Å². The Morgan fingerprint density at radius 2 is 2.17 bits per heavy atom. The second-order valence-electron chi connectivity index (χ2n) is 6.91. The third-order valence-corrected chi connectivity index (χ3v) is 4.82. The minimum Gasteiger partial charge on any atom is -0.355 e. The van der Waals surface area contributed by atoms with Gasteiger partial charge in [-0.2, -0.15) is 11.8 Å². The average molecular weight is 272 g/mol. The van der Waals surface area contributed by atoms with Crippen molar-refractivity contribution in [2.75, 3.05) is 12.3 Å². The van der Waals surface area contributed by atoms with Crippen molar-refractivity contribution in [2.24, 2.45) is 11.1 Å². The van der Waals surface area contributed by atoms with Crippen molar-refractivity contribution in [3.8, 4) is 0 Å². The van der Waals surface area contributed by atoms with Crippen LogP contribution in [-0.4, -0.2) is 29.0 Å². The lowest BCUT2D eigenvalue weighted by Gasteiger charge is -2.25. The molecule has 1 rings (SSSR count). The van der Waals surface area contributed by atoms with Crippen LogP contribution in [0.15, 0.2) is 0 Å². The number of carbonyl (C=O) groups is 1. The van der Waals surface area contributed by atoms with Gasteiger partial charge in [-0.1, -0.05) is 20.8 Å². The molecule has 18 heavy (non-hydrogen) atoms. The lowest BCUT2D eigenvalue weighted by atomic mass is 9.87. The molecule has 106 valence electrons. The summed E-state index contributed by atoms with van der Waals surface area (Å²) in [4.78, 5) is 11.8. The Morgan fingerprint density at radius 3 is 2.67 bits per heavy atom. The van der Waals surface area contributed by atoms with E-state index in [1.54, 1.807) is 0 Å². The fourth-order valence-corrected chi connectivity index (χ4v) is 3.68. The Hall–Kier alpha value is -0.220. The van der Waals surface area contributed by atoms with Gasteiger partial charge in [-0.3, -0.25) is 4.79 Å². The molecule has 0 aromatic heterocycles. The maximum atomic E-state index is 11.8. The second kappa shape index (κ2) is 6.29. The molecule has 0 bridgehead atoms. The van der Waals surface area contributed by atoms with Gasteiger partial charge in [-0.15, -0.1) is 0 Å². The van der Waals surface area contributed by atoms with Crippen molar-refractivity contribution in [1.82, 2.24) is 5.32 Å². The summed E-state index contributed by atoms with van der Waals surface area (Å²) in [5.41, 5.74) is 6.20. The number of thioether (sulfide) groups is 1. The van der Waals surface area contributed by atoms with E-state index in [1.165, 1.54) is 18.6 Å². The van der Waals surface area contributed by atoms with E-state index in [2.05, 4.69) is 33.0 Å². The molecule has 1 saturated heterocycles. The van der Waals surface area contributed by atoms with Crippen LogP contribution in [0.3, 0.4) is 0 Å². The normalized spacial score (nSPS) is 26.1. The minimum atomic E-state index is -0.0333. The first kappa shape index (κ1) is 15.8. The van der Waals surface area contributed by atoms with Gasteiger partial charge in [0.15, 0.2) is 0 Å². The van der Waals surface area contributed by atoms with Gasteiger partial charge in [0.2, 0.25) is 5.91 Å². The van der Waals surface area contributed by atoms with Crippen LogP contribution >= 0.6 is 11.8 Å². The maximum absolute atomic E-state index is 11.8. The van der Waals surface area contributed by atoms with E-state index in [0.29, 0.717) is 6.42 Å². The summed E-state index contributed by atoms with van der Waals surface area (Å²) >= 11 is 1.97. The van der Waals surface area contributed by atoms with Crippen molar-refractivity contribution in [1.29, 1.82) is 0 Å². The molecule has 1 fully saturated rings. The number of amides is 1. The second-order valence-corrected chi connectivity index (χ2v) is 8.59. The first-order chi connectivity index (χ1) is 8.20. The number of hydrogen-bond donors (Lipinski definition) is 2. The third kappa shape index (κ3) is 6.10. The van der Waals surface area contributed by atoms with Crippen molar-refractivity contribution < 1.29 is 4.79 Å². The third-order valence-electron chi connectivity index (χ3n) is 3.28. The number of hydrogen-bond acceptors (Lipinski definition) is 3. The zero-order valence-corrected chi connectivity index (χ0v) is 13.0. The van der Waals surface area contributed by atoms with Gasteiger partial charge in [0.25, 0.3) is 0 Å².